The fraction of sp³-hybridized carbons (Fsp3) is 0.111. The van der Waals surface area contributed by atoms with Gasteiger partial charge in [-0.2, -0.15) is 0 Å². The molecule has 0 bridgehead atoms. The van der Waals surface area contributed by atoms with Crippen LogP contribution in [-0.4, -0.2) is 25.6 Å². The molecule has 0 radical (unpaired) electrons. The molecule has 0 unspecified atom stereocenters. The first-order valence-corrected chi connectivity index (χ1v) is 10.5. The highest BCUT2D eigenvalue weighted by atomic mass is 32.2. The number of anilines is 3. The minimum absolute atomic E-state index is 0.250. The van der Waals surface area contributed by atoms with Gasteiger partial charge >= 0.3 is 0 Å². The monoisotopic (exact) mass is 387 g/mol. The number of thiazole rings is 1. The van der Waals surface area contributed by atoms with Gasteiger partial charge in [-0.3, -0.25) is 4.79 Å². The van der Waals surface area contributed by atoms with Gasteiger partial charge in [-0.05, 0) is 48.9 Å². The van der Waals surface area contributed by atoms with Crippen molar-refractivity contribution in [3.63, 3.8) is 0 Å². The molecule has 26 heavy (non-hydrogen) atoms. The van der Waals surface area contributed by atoms with Crippen molar-refractivity contribution in [1.29, 1.82) is 0 Å². The number of hydrogen-bond donors (Lipinski definition) is 2. The van der Waals surface area contributed by atoms with Crippen LogP contribution >= 0.6 is 11.3 Å². The molecule has 3 rings (SSSR count). The lowest BCUT2D eigenvalue weighted by Gasteiger charge is -2.05. The van der Waals surface area contributed by atoms with Crippen molar-refractivity contribution in [2.75, 3.05) is 16.9 Å². The van der Waals surface area contributed by atoms with E-state index >= 15 is 0 Å². The number of sulfone groups is 1. The average molecular weight is 387 g/mol. The number of aryl methyl sites for hydroxylation is 1. The summed E-state index contributed by atoms with van der Waals surface area (Å²) in [5.74, 6) is -0.285. The Hall–Kier alpha value is -2.71. The van der Waals surface area contributed by atoms with Crippen LogP contribution in [-0.2, 0) is 9.84 Å². The highest BCUT2D eigenvalue weighted by Crippen LogP contribution is 2.23. The Labute approximate surface area is 155 Å². The van der Waals surface area contributed by atoms with Crippen molar-refractivity contribution in [2.45, 2.75) is 11.8 Å². The molecule has 1 heterocycles. The van der Waals surface area contributed by atoms with Crippen LogP contribution in [0.5, 0.6) is 0 Å². The third kappa shape index (κ3) is 4.47. The van der Waals surface area contributed by atoms with Crippen LogP contribution in [0.4, 0.5) is 16.5 Å². The van der Waals surface area contributed by atoms with Gasteiger partial charge in [0.25, 0.3) is 5.91 Å². The van der Waals surface area contributed by atoms with Crippen molar-refractivity contribution in [2.24, 2.45) is 0 Å². The summed E-state index contributed by atoms with van der Waals surface area (Å²) in [5, 5.41) is 8.09. The lowest BCUT2D eigenvalue weighted by atomic mass is 10.2. The summed E-state index contributed by atoms with van der Waals surface area (Å²) in [5.41, 5.74) is 2.78. The van der Waals surface area contributed by atoms with E-state index in [9.17, 15) is 13.2 Å². The van der Waals surface area contributed by atoms with E-state index in [1.807, 2.05) is 31.2 Å². The number of rotatable bonds is 5. The molecule has 2 aromatic carbocycles. The van der Waals surface area contributed by atoms with Gasteiger partial charge in [0.05, 0.1) is 4.90 Å². The van der Waals surface area contributed by atoms with Crippen LogP contribution < -0.4 is 10.6 Å². The summed E-state index contributed by atoms with van der Waals surface area (Å²) in [6.07, 6.45) is 1.16. The molecule has 1 aromatic heterocycles. The Balaban J connectivity index is 1.68. The first-order chi connectivity index (χ1) is 12.3. The molecule has 134 valence electrons. The third-order valence-corrected chi connectivity index (χ3v) is 5.43. The summed E-state index contributed by atoms with van der Waals surface area (Å²) >= 11 is 1.29. The fourth-order valence-corrected chi connectivity index (χ4v) is 3.60. The topological polar surface area (TPSA) is 88.2 Å². The molecule has 0 atom stereocenters. The summed E-state index contributed by atoms with van der Waals surface area (Å²) in [6, 6.07) is 13.9. The van der Waals surface area contributed by atoms with Gasteiger partial charge in [-0.1, -0.05) is 12.1 Å². The second-order valence-corrected chi connectivity index (χ2v) is 8.66. The van der Waals surface area contributed by atoms with E-state index in [0.29, 0.717) is 22.2 Å². The Morgan fingerprint density at radius 3 is 2.46 bits per heavy atom. The SMILES string of the molecule is Cc1cccc(NC(=O)c2csc(Nc3ccc(S(C)(=O)=O)cc3)n2)c1. The van der Waals surface area contributed by atoms with E-state index in [4.69, 9.17) is 0 Å². The first kappa shape index (κ1) is 18.1. The van der Waals surface area contributed by atoms with Crippen LogP contribution in [0.25, 0.3) is 0 Å². The summed E-state index contributed by atoms with van der Waals surface area (Å²) in [6.45, 7) is 1.95. The van der Waals surface area contributed by atoms with E-state index in [1.165, 1.54) is 23.5 Å². The predicted molar refractivity (Wildman–Crippen MR) is 104 cm³/mol. The van der Waals surface area contributed by atoms with Crippen LogP contribution in [0.15, 0.2) is 58.8 Å². The van der Waals surface area contributed by atoms with E-state index in [2.05, 4.69) is 15.6 Å². The highest BCUT2D eigenvalue weighted by Gasteiger charge is 2.12. The molecule has 0 aliphatic heterocycles. The van der Waals surface area contributed by atoms with E-state index < -0.39 is 9.84 Å². The third-order valence-electron chi connectivity index (χ3n) is 3.55. The largest absolute Gasteiger partial charge is 0.332 e. The predicted octanol–water partition coefficient (Wildman–Crippen LogP) is 3.85. The van der Waals surface area contributed by atoms with Gasteiger partial charge in [-0.25, -0.2) is 13.4 Å². The van der Waals surface area contributed by atoms with Crippen molar-refractivity contribution >= 4 is 43.6 Å². The fourth-order valence-electron chi connectivity index (χ4n) is 2.26. The van der Waals surface area contributed by atoms with Crippen LogP contribution in [0.3, 0.4) is 0 Å². The lowest BCUT2D eigenvalue weighted by molar-refractivity contribution is 0.102. The van der Waals surface area contributed by atoms with Crippen molar-refractivity contribution in [3.05, 3.63) is 65.2 Å². The zero-order valence-corrected chi connectivity index (χ0v) is 15.8. The van der Waals surface area contributed by atoms with Crippen molar-refractivity contribution in [3.8, 4) is 0 Å². The molecule has 0 fully saturated rings. The Bertz CT molecular complexity index is 1040. The zero-order chi connectivity index (χ0) is 18.7. The van der Waals surface area contributed by atoms with Crippen molar-refractivity contribution in [1.82, 2.24) is 4.98 Å². The molecule has 1 amide bonds. The van der Waals surface area contributed by atoms with Crippen LogP contribution in [0, 0.1) is 6.92 Å². The lowest BCUT2D eigenvalue weighted by Crippen LogP contribution is -2.12. The van der Waals surface area contributed by atoms with Gasteiger partial charge in [0.15, 0.2) is 15.0 Å². The smallest absolute Gasteiger partial charge is 0.275 e. The van der Waals surface area contributed by atoms with Gasteiger partial charge in [-0.15, -0.1) is 11.3 Å². The number of amides is 1. The van der Waals surface area contributed by atoms with Gasteiger partial charge in [0.2, 0.25) is 0 Å². The first-order valence-electron chi connectivity index (χ1n) is 7.72. The number of hydrogen-bond acceptors (Lipinski definition) is 6. The number of aromatic nitrogens is 1. The van der Waals surface area contributed by atoms with Gasteiger partial charge in [0, 0.05) is 23.0 Å². The minimum atomic E-state index is -3.23. The number of carbonyl (C=O) groups is 1. The second kappa shape index (κ2) is 7.27. The van der Waals surface area contributed by atoms with E-state index in [1.54, 1.807) is 17.5 Å². The zero-order valence-electron chi connectivity index (χ0n) is 14.2. The Morgan fingerprint density at radius 2 is 1.81 bits per heavy atom. The molecule has 0 aliphatic rings. The summed E-state index contributed by atoms with van der Waals surface area (Å²) < 4.78 is 23.0. The minimum Gasteiger partial charge on any atom is -0.332 e. The molecule has 0 saturated heterocycles. The number of carbonyl (C=O) groups excluding carboxylic acids is 1. The van der Waals surface area contributed by atoms with E-state index in [0.717, 1.165) is 11.8 Å². The quantitative estimate of drug-likeness (QED) is 0.694. The molecule has 6 nitrogen and oxygen atoms in total. The number of benzene rings is 2. The Morgan fingerprint density at radius 1 is 1.08 bits per heavy atom. The maximum absolute atomic E-state index is 12.3. The molecular weight excluding hydrogens is 370 g/mol. The molecular formula is C18H17N3O3S2. The molecule has 2 N–H and O–H groups in total. The number of nitrogens with one attached hydrogen (secondary N) is 2. The summed E-state index contributed by atoms with van der Waals surface area (Å²) in [7, 11) is -3.23. The normalized spacial score (nSPS) is 11.2. The molecule has 0 saturated carbocycles. The van der Waals surface area contributed by atoms with Gasteiger partial charge < -0.3 is 10.6 Å². The van der Waals surface area contributed by atoms with Crippen molar-refractivity contribution < 1.29 is 13.2 Å². The highest BCUT2D eigenvalue weighted by molar-refractivity contribution is 7.90. The van der Waals surface area contributed by atoms with Crippen LogP contribution in [0.2, 0.25) is 0 Å². The summed E-state index contributed by atoms with van der Waals surface area (Å²) in [4.78, 5) is 16.8. The maximum atomic E-state index is 12.3. The second-order valence-electron chi connectivity index (χ2n) is 5.78. The standard InChI is InChI=1S/C18H17N3O3S2/c1-12-4-3-5-14(10-12)19-17(22)16-11-25-18(21-16)20-13-6-8-15(9-7-13)26(2,23)24/h3-11H,1-2H3,(H,19,22)(H,20,21). The van der Waals surface area contributed by atoms with E-state index in [-0.39, 0.29) is 10.8 Å². The average Bonchev–Trinajstić information content (AvgIpc) is 3.03. The molecule has 0 spiro atoms. The van der Waals surface area contributed by atoms with Crippen LogP contribution in [0.1, 0.15) is 16.1 Å². The molecule has 0 aliphatic carbocycles. The maximum Gasteiger partial charge on any atom is 0.275 e. The number of nitrogens with zero attached hydrogens (tertiary/aromatic N) is 1. The Kier molecular flexibility index (Phi) is 5.06. The van der Waals surface area contributed by atoms with Gasteiger partial charge in [0.1, 0.15) is 5.69 Å². The molecule has 8 heteroatoms. The molecule has 3 aromatic rings.